The smallest absolute Gasteiger partial charge is 0.336 e. The Labute approximate surface area is 163 Å². The second-order valence-corrected chi connectivity index (χ2v) is 6.39. The van der Waals surface area contributed by atoms with Crippen molar-refractivity contribution < 1.29 is 18.7 Å². The van der Waals surface area contributed by atoms with E-state index in [-0.39, 0.29) is 12.5 Å². The van der Waals surface area contributed by atoms with Crippen LogP contribution in [0.3, 0.4) is 0 Å². The van der Waals surface area contributed by atoms with Crippen LogP contribution in [0.2, 0.25) is 0 Å². The van der Waals surface area contributed by atoms with Crippen LogP contribution in [0.25, 0.3) is 11.0 Å². The first kappa shape index (κ1) is 19.5. The molecule has 28 heavy (non-hydrogen) atoms. The van der Waals surface area contributed by atoms with E-state index in [4.69, 9.17) is 13.9 Å². The van der Waals surface area contributed by atoms with Gasteiger partial charge < -0.3 is 19.2 Å². The van der Waals surface area contributed by atoms with E-state index in [0.717, 1.165) is 23.8 Å². The monoisotopic (exact) mass is 381 g/mol. The summed E-state index contributed by atoms with van der Waals surface area (Å²) in [5, 5.41) is 3.67. The number of ether oxygens (including phenoxy) is 2. The summed E-state index contributed by atoms with van der Waals surface area (Å²) < 4.78 is 15.9. The van der Waals surface area contributed by atoms with Crippen molar-refractivity contribution >= 4 is 16.9 Å². The fraction of sp³-hybridized carbons (Fsp3) is 0.273. The number of hydrogen-bond donors (Lipinski definition) is 1. The first-order chi connectivity index (χ1) is 13.6. The van der Waals surface area contributed by atoms with E-state index in [2.05, 4.69) is 12.2 Å². The maximum atomic E-state index is 12.8. The number of fused-ring (bicyclic) bond motifs is 1. The van der Waals surface area contributed by atoms with Crippen molar-refractivity contribution in [1.82, 2.24) is 5.32 Å². The normalized spacial score (nSPS) is 10.7. The highest BCUT2D eigenvalue weighted by Crippen LogP contribution is 2.28. The van der Waals surface area contributed by atoms with Crippen molar-refractivity contribution in [3.8, 4) is 11.5 Å². The predicted octanol–water partition coefficient (Wildman–Crippen LogP) is 3.69. The van der Waals surface area contributed by atoms with Gasteiger partial charge in [0.25, 0.3) is 5.91 Å². The molecule has 2 aromatic carbocycles. The standard InChI is InChI=1S/C22H23NO5/c1-4-6-14-9-10-17-16(11-14)15(12-20(24)28-17)13-23-22(25)21-18(26-2)7-5-8-19(21)27-3/h5,7-12H,4,6,13H2,1-3H3,(H,23,25). The largest absolute Gasteiger partial charge is 0.496 e. The number of amides is 1. The zero-order chi connectivity index (χ0) is 20.1. The maximum Gasteiger partial charge on any atom is 0.336 e. The van der Waals surface area contributed by atoms with Crippen LogP contribution < -0.4 is 20.4 Å². The molecule has 0 saturated carbocycles. The fourth-order valence-electron chi connectivity index (χ4n) is 3.20. The molecule has 0 atom stereocenters. The third-order valence-electron chi connectivity index (χ3n) is 4.53. The molecular formula is C22H23NO5. The van der Waals surface area contributed by atoms with E-state index in [0.29, 0.717) is 28.2 Å². The molecular weight excluding hydrogens is 358 g/mol. The second kappa shape index (κ2) is 8.61. The Kier molecular flexibility index (Phi) is 5.99. The summed E-state index contributed by atoms with van der Waals surface area (Å²) in [4.78, 5) is 24.7. The molecule has 0 radical (unpaired) electrons. The lowest BCUT2D eigenvalue weighted by Crippen LogP contribution is -2.24. The van der Waals surface area contributed by atoms with Gasteiger partial charge in [0.05, 0.1) is 14.2 Å². The minimum atomic E-state index is -0.449. The van der Waals surface area contributed by atoms with Crippen molar-refractivity contribution in [2.75, 3.05) is 14.2 Å². The van der Waals surface area contributed by atoms with Gasteiger partial charge in [0.2, 0.25) is 0 Å². The summed E-state index contributed by atoms with van der Waals surface area (Å²) in [6, 6.07) is 12.3. The molecule has 0 aliphatic carbocycles. The van der Waals surface area contributed by atoms with Gasteiger partial charge in [-0.15, -0.1) is 0 Å². The predicted molar refractivity (Wildman–Crippen MR) is 107 cm³/mol. The number of methoxy groups -OCH3 is 2. The minimum Gasteiger partial charge on any atom is -0.496 e. The highest BCUT2D eigenvalue weighted by Gasteiger charge is 2.18. The van der Waals surface area contributed by atoms with Gasteiger partial charge in [-0.1, -0.05) is 25.5 Å². The molecule has 0 aliphatic heterocycles. The number of carbonyl (C=O) groups excluding carboxylic acids is 1. The lowest BCUT2D eigenvalue weighted by atomic mass is 10.0. The summed E-state index contributed by atoms with van der Waals surface area (Å²) in [7, 11) is 2.99. The lowest BCUT2D eigenvalue weighted by Gasteiger charge is -2.13. The highest BCUT2D eigenvalue weighted by molar-refractivity contribution is 5.99. The average Bonchev–Trinajstić information content (AvgIpc) is 2.71. The summed E-state index contributed by atoms with van der Waals surface area (Å²) in [5.74, 6) is 0.486. The molecule has 0 saturated heterocycles. The van der Waals surface area contributed by atoms with Crippen LogP contribution in [0.5, 0.6) is 11.5 Å². The van der Waals surface area contributed by atoms with Crippen LogP contribution in [0, 0.1) is 0 Å². The Hall–Kier alpha value is -3.28. The molecule has 6 nitrogen and oxygen atoms in total. The molecule has 6 heteroatoms. The van der Waals surface area contributed by atoms with Crippen molar-refractivity contribution in [3.63, 3.8) is 0 Å². The lowest BCUT2D eigenvalue weighted by molar-refractivity contribution is 0.0944. The molecule has 0 bridgehead atoms. The molecule has 1 N–H and O–H groups in total. The Balaban J connectivity index is 1.92. The number of carbonyl (C=O) groups is 1. The zero-order valence-electron chi connectivity index (χ0n) is 16.2. The first-order valence-electron chi connectivity index (χ1n) is 9.12. The summed E-state index contributed by atoms with van der Waals surface area (Å²) >= 11 is 0. The van der Waals surface area contributed by atoms with Gasteiger partial charge in [0, 0.05) is 18.0 Å². The zero-order valence-corrected chi connectivity index (χ0v) is 16.2. The molecule has 3 aromatic rings. The van der Waals surface area contributed by atoms with E-state index < -0.39 is 5.63 Å². The summed E-state index contributed by atoms with van der Waals surface area (Å²) in [6.07, 6.45) is 1.95. The summed E-state index contributed by atoms with van der Waals surface area (Å²) in [5.41, 5.74) is 2.22. The van der Waals surface area contributed by atoms with Crippen LogP contribution in [0.4, 0.5) is 0 Å². The van der Waals surface area contributed by atoms with Crippen molar-refractivity contribution in [2.24, 2.45) is 0 Å². The van der Waals surface area contributed by atoms with Gasteiger partial charge in [-0.2, -0.15) is 0 Å². The van der Waals surface area contributed by atoms with Crippen molar-refractivity contribution in [2.45, 2.75) is 26.3 Å². The van der Waals surface area contributed by atoms with Crippen LogP contribution in [-0.4, -0.2) is 20.1 Å². The Morgan fingerprint density at radius 1 is 1.07 bits per heavy atom. The van der Waals surface area contributed by atoms with E-state index in [9.17, 15) is 9.59 Å². The molecule has 0 aliphatic rings. The maximum absolute atomic E-state index is 12.8. The van der Waals surface area contributed by atoms with Crippen molar-refractivity contribution in [3.05, 3.63) is 69.6 Å². The molecule has 1 aromatic heterocycles. The number of rotatable bonds is 7. The Bertz CT molecular complexity index is 1030. The molecule has 0 unspecified atom stereocenters. The third-order valence-corrected chi connectivity index (χ3v) is 4.53. The Morgan fingerprint density at radius 3 is 2.43 bits per heavy atom. The number of nitrogens with one attached hydrogen (secondary N) is 1. The molecule has 0 fully saturated rings. The SMILES string of the molecule is CCCc1ccc2oc(=O)cc(CNC(=O)c3c(OC)cccc3OC)c2c1. The topological polar surface area (TPSA) is 77.8 Å². The van der Waals surface area contributed by atoms with Crippen LogP contribution in [-0.2, 0) is 13.0 Å². The number of hydrogen-bond acceptors (Lipinski definition) is 5. The first-order valence-corrected chi connectivity index (χ1v) is 9.12. The molecule has 3 rings (SSSR count). The van der Waals surface area contributed by atoms with Gasteiger partial charge in [0.1, 0.15) is 22.6 Å². The molecule has 146 valence electrons. The van der Waals surface area contributed by atoms with Crippen LogP contribution in [0.1, 0.15) is 34.8 Å². The van der Waals surface area contributed by atoms with Gasteiger partial charge >= 0.3 is 5.63 Å². The molecule has 1 heterocycles. The third kappa shape index (κ3) is 4.01. The van der Waals surface area contributed by atoms with Gasteiger partial charge in [-0.25, -0.2) is 4.79 Å². The van der Waals surface area contributed by atoms with E-state index in [1.807, 2.05) is 12.1 Å². The van der Waals surface area contributed by atoms with E-state index in [1.165, 1.54) is 20.3 Å². The average molecular weight is 381 g/mol. The van der Waals surface area contributed by atoms with Crippen molar-refractivity contribution in [1.29, 1.82) is 0 Å². The summed E-state index contributed by atoms with van der Waals surface area (Å²) in [6.45, 7) is 2.29. The number of aryl methyl sites for hydroxylation is 1. The highest BCUT2D eigenvalue weighted by atomic mass is 16.5. The number of benzene rings is 2. The molecule has 0 spiro atoms. The van der Waals surface area contributed by atoms with Gasteiger partial charge in [-0.05, 0) is 41.8 Å². The minimum absolute atomic E-state index is 0.178. The fourth-order valence-corrected chi connectivity index (χ4v) is 3.20. The van der Waals surface area contributed by atoms with E-state index >= 15 is 0 Å². The Morgan fingerprint density at radius 2 is 1.79 bits per heavy atom. The van der Waals surface area contributed by atoms with Crippen LogP contribution in [0.15, 0.2) is 51.7 Å². The van der Waals surface area contributed by atoms with Gasteiger partial charge in [0.15, 0.2) is 0 Å². The van der Waals surface area contributed by atoms with Crippen LogP contribution >= 0.6 is 0 Å². The van der Waals surface area contributed by atoms with E-state index in [1.54, 1.807) is 24.3 Å². The quantitative estimate of drug-likeness (QED) is 0.632. The second-order valence-electron chi connectivity index (χ2n) is 6.39. The molecule has 1 amide bonds. The van der Waals surface area contributed by atoms with Gasteiger partial charge in [-0.3, -0.25) is 4.79 Å².